The molecule has 8 nitrogen and oxygen atoms in total. The van der Waals surface area contributed by atoms with Gasteiger partial charge < -0.3 is 10.1 Å². The summed E-state index contributed by atoms with van der Waals surface area (Å²) in [5, 5.41) is 17.2. The van der Waals surface area contributed by atoms with E-state index in [1.807, 2.05) is 47.8 Å². The van der Waals surface area contributed by atoms with Crippen molar-refractivity contribution in [1.29, 1.82) is 0 Å². The standard InChI is InChI=1S/C22H18BrN5O3S/c23-16-5-3-15(4-6-16)17-8-10-22(30)28(27-17)14-20(29)24-11-12-31-21-9-7-18(25-26-21)19-2-1-13-32-19/h1-10,13H,11-12,14H2,(H,24,29). The molecule has 0 aliphatic heterocycles. The monoisotopic (exact) mass is 511 g/mol. The molecule has 32 heavy (non-hydrogen) atoms. The Morgan fingerprint density at radius 2 is 1.84 bits per heavy atom. The summed E-state index contributed by atoms with van der Waals surface area (Å²) in [5.74, 6) is 0.0370. The number of amides is 1. The van der Waals surface area contributed by atoms with Gasteiger partial charge in [0.2, 0.25) is 11.8 Å². The average Bonchev–Trinajstić information content (AvgIpc) is 3.34. The van der Waals surface area contributed by atoms with E-state index in [0.717, 1.165) is 25.3 Å². The van der Waals surface area contributed by atoms with E-state index < -0.39 is 0 Å². The van der Waals surface area contributed by atoms with E-state index in [-0.39, 0.29) is 31.2 Å². The second kappa shape index (κ2) is 10.3. The Kier molecular flexibility index (Phi) is 7.03. The van der Waals surface area contributed by atoms with Crippen LogP contribution in [0, 0.1) is 0 Å². The number of hydrogen-bond acceptors (Lipinski definition) is 7. The Hall–Kier alpha value is -3.37. The van der Waals surface area contributed by atoms with Crippen molar-refractivity contribution in [2.24, 2.45) is 0 Å². The summed E-state index contributed by atoms with van der Waals surface area (Å²) in [6, 6.07) is 18.1. The molecule has 3 aromatic heterocycles. The van der Waals surface area contributed by atoms with E-state index in [9.17, 15) is 9.59 Å². The predicted molar refractivity (Wildman–Crippen MR) is 125 cm³/mol. The lowest BCUT2D eigenvalue weighted by Crippen LogP contribution is -2.35. The first-order chi connectivity index (χ1) is 15.6. The summed E-state index contributed by atoms with van der Waals surface area (Å²) in [6.45, 7) is 0.299. The highest BCUT2D eigenvalue weighted by atomic mass is 79.9. The first-order valence-corrected chi connectivity index (χ1v) is 11.4. The third-order valence-electron chi connectivity index (χ3n) is 4.39. The van der Waals surface area contributed by atoms with Gasteiger partial charge in [-0.2, -0.15) is 5.10 Å². The molecule has 0 spiro atoms. The summed E-state index contributed by atoms with van der Waals surface area (Å²) >= 11 is 4.97. The van der Waals surface area contributed by atoms with Gasteiger partial charge in [-0.05, 0) is 35.7 Å². The molecular weight excluding hydrogens is 494 g/mol. The molecule has 0 aliphatic rings. The topological polar surface area (TPSA) is 99.0 Å². The molecule has 0 saturated carbocycles. The van der Waals surface area contributed by atoms with E-state index in [0.29, 0.717) is 11.6 Å². The van der Waals surface area contributed by atoms with Crippen LogP contribution in [0.25, 0.3) is 21.8 Å². The summed E-state index contributed by atoms with van der Waals surface area (Å²) in [4.78, 5) is 25.4. The lowest BCUT2D eigenvalue weighted by molar-refractivity contribution is -0.122. The molecule has 0 radical (unpaired) electrons. The van der Waals surface area contributed by atoms with Crippen molar-refractivity contribution in [2.45, 2.75) is 6.54 Å². The highest BCUT2D eigenvalue weighted by molar-refractivity contribution is 9.10. The number of nitrogens with zero attached hydrogens (tertiary/aromatic N) is 4. The molecule has 4 aromatic rings. The number of benzene rings is 1. The summed E-state index contributed by atoms with van der Waals surface area (Å²) in [5.41, 5.74) is 1.89. The molecule has 4 rings (SSSR count). The number of hydrogen-bond donors (Lipinski definition) is 1. The van der Waals surface area contributed by atoms with Gasteiger partial charge in [-0.15, -0.1) is 21.5 Å². The van der Waals surface area contributed by atoms with Crippen LogP contribution < -0.4 is 15.6 Å². The van der Waals surface area contributed by atoms with Crippen LogP contribution in [-0.4, -0.2) is 39.0 Å². The molecule has 1 aromatic carbocycles. The lowest BCUT2D eigenvalue weighted by atomic mass is 10.1. The number of carbonyl (C=O) groups excluding carboxylic acids is 1. The summed E-state index contributed by atoms with van der Waals surface area (Å²) in [7, 11) is 0. The smallest absolute Gasteiger partial charge is 0.267 e. The van der Waals surface area contributed by atoms with Crippen LogP contribution in [0.4, 0.5) is 0 Å². The number of aromatic nitrogens is 4. The van der Waals surface area contributed by atoms with Gasteiger partial charge in [0.15, 0.2) is 0 Å². The summed E-state index contributed by atoms with van der Waals surface area (Å²) in [6.07, 6.45) is 0. The van der Waals surface area contributed by atoms with Crippen LogP contribution in [-0.2, 0) is 11.3 Å². The maximum atomic E-state index is 12.2. The highest BCUT2D eigenvalue weighted by Crippen LogP contribution is 2.22. The maximum Gasteiger partial charge on any atom is 0.267 e. The number of thiophene rings is 1. The number of halogens is 1. The Labute approximate surface area is 196 Å². The number of ether oxygens (including phenoxy) is 1. The van der Waals surface area contributed by atoms with Gasteiger partial charge in [-0.3, -0.25) is 9.59 Å². The third kappa shape index (κ3) is 5.65. The van der Waals surface area contributed by atoms with Crippen molar-refractivity contribution >= 4 is 33.2 Å². The molecule has 3 heterocycles. The van der Waals surface area contributed by atoms with Crippen LogP contribution in [0.2, 0.25) is 0 Å². The van der Waals surface area contributed by atoms with Crippen molar-refractivity contribution < 1.29 is 9.53 Å². The van der Waals surface area contributed by atoms with E-state index in [1.165, 1.54) is 6.07 Å². The molecule has 0 bridgehead atoms. The van der Waals surface area contributed by atoms with Crippen LogP contribution in [0.1, 0.15) is 0 Å². The SMILES string of the molecule is O=C(Cn1nc(-c2ccc(Br)cc2)ccc1=O)NCCOc1ccc(-c2cccs2)nn1. The fourth-order valence-electron chi connectivity index (χ4n) is 2.83. The second-order valence-electron chi connectivity index (χ2n) is 6.65. The van der Waals surface area contributed by atoms with Crippen LogP contribution in [0.3, 0.4) is 0 Å². The Morgan fingerprint density at radius 3 is 2.56 bits per heavy atom. The second-order valence-corrected chi connectivity index (χ2v) is 8.52. The molecule has 0 saturated heterocycles. The quantitative estimate of drug-likeness (QED) is 0.364. The van der Waals surface area contributed by atoms with Crippen molar-refractivity contribution in [3.63, 3.8) is 0 Å². The van der Waals surface area contributed by atoms with E-state index in [4.69, 9.17) is 4.74 Å². The Bertz CT molecular complexity index is 1240. The minimum Gasteiger partial charge on any atom is -0.475 e. The fraction of sp³-hybridized carbons (Fsp3) is 0.136. The first-order valence-electron chi connectivity index (χ1n) is 9.70. The normalized spacial score (nSPS) is 10.7. The average molecular weight is 512 g/mol. The number of rotatable bonds is 8. The van der Waals surface area contributed by atoms with E-state index in [1.54, 1.807) is 23.5 Å². The zero-order chi connectivity index (χ0) is 22.3. The van der Waals surface area contributed by atoms with E-state index in [2.05, 4.69) is 36.5 Å². The first kappa shape index (κ1) is 21.8. The largest absolute Gasteiger partial charge is 0.475 e. The van der Waals surface area contributed by atoms with Gasteiger partial charge >= 0.3 is 0 Å². The van der Waals surface area contributed by atoms with Crippen molar-refractivity contribution in [3.05, 3.63) is 80.9 Å². The van der Waals surface area contributed by atoms with Gasteiger partial charge in [0.25, 0.3) is 5.56 Å². The van der Waals surface area contributed by atoms with Crippen LogP contribution >= 0.6 is 27.3 Å². The zero-order valence-corrected chi connectivity index (χ0v) is 19.2. The third-order valence-corrected chi connectivity index (χ3v) is 5.81. The van der Waals surface area contributed by atoms with Gasteiger partial charge in [0, 0.05) is 22.2 Å². The van der Waals surface area contributed by atoms with Crippen molar-refractivity contribution in [2.75, 3.05) is 13.2 Å². The zero-order valence-electron chi connectivity index (χ0n) is 16.8. The molecular formula is C22H18BrN5O3S. The lowest BCUT2D eigenvalue weighted by Gasteiger charge is -2.09. The number of nitrogens with one attached hydrogen (secondary N) is 1. The van der Waals surface area contributed by atoms with Crippen molar-refractivity contribution in [3.8, 4) is 27.7 Å². The molecule has 10 heteroatoms. The van der Waals surface area contributed by atoms with Crippen molar-refractivity contribution in [1.82, 2.24) is 25.3 Å². The molecule has 1 amide bonds. The Morgan fingerprint density at radius 1 is 1.03 bits per heavy atom. The van der Waals surface area contributed by atoms with Crippen LogP contribution in [0.5, 0.6) is 5.88 Å². The van der Waals surface area contributed by atoms with Gasteiger partial charge in [0.05, 0.1) is 17.1 Å². The molecule has 0 atom stereocenters. The van der Waals surface area contributed by atoms with Gasteiger partial charge in [-0.1, -0.05) is 34.1 Å². The minimum absolute atomic E-state index is 0.182. The molecule has 0 unspecified atom stereocenters. The highest BCUT2D eigenvalue weighted by Gasteiger charge is 2.08. The molecule has 0 aliphatic carbocycles. The maximum absolute atomic E-state index is 12.2. The summed E-state index contributed by atoms with van der Waals surface area (Å²) < 4.78 is 7.60. The van der Waals surface area contributed by atoms with Crippen LogP contribution in [0.15, 0.2) is 75.3 Å². The predicted octanol–water partition coefficient (Wildman–Crippen LogP) is 3.39. The number of carbonyl (C=O) groups is 1. The molecule has 162 valence electrons. The van der Waals surface area contributed by atoms with Gasteiger partial charge in [-0.25, -0.2) is 4.68 Å². The molecule has 1 N–H and O–H groups in total. The van der Waals surface area contributed by atoms with E-state index >= 15 is 0 Å². The fourth-order valence-corrected chi connectivity index (χ4v) is 3.78. The Balaban J connectivity index is 1.27. The minimum atomic E-state index is -0.349. The van der Waals surface area contributed by atoms with Gasteiger partial charge in [0.1, 0.15) is 18.8 Å². The molecule has 0 fully saturated rings.